The molecule has 102 valence electrons. The van der Waals surface area contributed by atoms with E-state index in [0.717, 1.165) is 22.6 Å². The van der Waals surface area contributed by atoms with Gasteiger partial charge in [-0.3, -0.25) is 0 Å². The van der Waals surface area contributed by atoms with Crippen molar-refractivity contribution in [3.63, 3.8) is 0 Å². The van der Waals surface area contributed by atoms with Crippen molar-refractivity contribution in [3.8, 4) is 17.3 Å². The second-order valence-corrected chi connectivity index (χ2v) is 5.09. The molecular formula is C16H11ClN4. The standard InChI is InChI=1S/C16H11ClN4/c17-14-6-4-11(5-7-14)8-12-2-1-3-13(9-12)16-15(10-18)19-21-20-16/h1-7,9H,8H2,(H,19,20,21). The minimum absolute atomic E-state index is 0.374. The lowest BCUT2D eigenvalue weighted by atomic mass is 10.0. The molecule has 1 heterocycles. The van der Waals surface area contributed by atoms with Gasteiger partial charge in [-0.1, -0.05) is 47.1 Å². The summed E-state index contributed by atoms with van der Waals surface area (Å²) in [5, 5.41) is 20.0. The molecule has 0 fully saturated rings. The summed E-state index contributed by atoms with van der Waals surface area (Å²) in [6.07, 6.45) is 0.796. The van der Waals surface area contributed by atoms with Gasteiger partial charge in [0.05, 0.1) is 0 Å². The minimum atomic E-state index is 0.374. The van der Waals surface area contributed by atoms with Crippen molar-refractivity contribution < 1.29 is 0 Å². The van der Waals surface area contributed by atoms with Gasteiger partial charge in [-0.25, -0.2) is 5.10 Å². The highest BCUT2D eigenvalue weighted by atomic mass is 35.5. The van der Waals surface area contributed by atoms with E-state index >= 15 is 0 Å². The Bertz CT molecular complexity index is 800. The van der Waals surface area contributed by atoms with Crippen LogP contribution in [0.25, 0.3) is 11.3 Å². The first kappa shape index (κ1) is 13.3. The summed E-state index contributed by atoms with van der Waals surface area (Å²) in [7, 11) is 0. The van der Waals surface area contributed by atoms with Crippen LogP contribution in [0, 0.1) is 11.3 Å². The number of H-pyrrole nitrogens is 1. The van der Waals surface area contributed by atoms with Crippen LogP contribution in [0.15, 0.2) is 48.5 Å². The van der Waals surface area contributed by atoms with Gasteiger partial charge in [0.15, 0.2) is 5.69 Å². The third kappa shape index (κ3) is 2.93. The number of benzene rings is 2. The summed E-state index contributed by atoms with van der Waals surface area (Å²) < 4.78 is 0. The zero-order valence-electron chi connectivity index (χ0n) is 11.0. The van der Waals surface area contributed by atoms with Crippen LogP contribution in [0.2, 0.25) is 5.02 Å². The molecule has 3 rings (SSSR count). The molecule has 0 aliphatic heterocycles. The van der Waals surface area contributed by atoms with E-state index in [2.05, 4.69) is 21.5 Å². The Morgan fingerprint density at radius 3 is 2.67 bits per heavy atom. The molecule has 0 bridgehead atoms. The summed E-state index contributed by atoms with van der Waals surface area (Å²) in [6.45, 7) is 0. The van der Waals surface area contributed by atoms with Gasteiger partial charge in [0.2, 0.25) is 0 Å². The average molecular weight is 295 g/mol. The van der Waals surface area contributed by atoms with Crippen LogP contribution < -0.4 is 0 Å². The van der Waals surface area contributed by atoms with Crippen molar-refractivity contribution in [2.24, 2.45) is 0 Å². The fourth-order valence-corrected chi connectivity index (χ4v) is 2.30. The largest absolute Gasteiger partial charge is 0.247 e. The van der Waals surface area contributed by atoms with Crippen molar-refractivity contribution in [1.82, 2.24) is 15.4 Å². The molecule has 0 amide bonds. The number of rotatable bonds is 3. The van der Waals surface area contributed by atoms with Crippen LogP contribution in [-0.2, 0) is 6.42 Å². The quantitative estimate of drug-likeness (QED) is 0.803. The summed E-state index contributed by atoms with van der Waals surface area (Å²) in [5.41, 5.74) is 4.15. The number of hydrogen-bond acceptors (Lipinski definition) is 3. The topological polar surface area (TPSA) is 65.4 Å². The Labute approximate surface area is 127 Å². The summed E-state index contributed by atoms with van der Waals surface area (Å²) >= 11 is 5.89. The van der Waals surface area contributed by atoms with E-state index in [9.17, 15) is 0 Å². The molecule has 0 aliphatic carbocycles. The predicted molar refractivity (Wildman–Crippen MR) is 80.8 cm³/mol. The average Bonchev–Trinajstić information content (AvgIpc) is 2.98. The highest BCUT2D eigenvalue weighted by Crippen LogP contribution is 2.22. The van der Waals surface area contributed by atoms with Crippen LogP contribution >= 0.6 is 11.6 Å². The van der Waals surface area contributed by atoms with Gasteiger partial charge in [-0.05, 0) is 35.7 Å². The van der Waals surface area contributed by atoms with Crippen LogP contribution in [0.3, 0.4) is 0 Å². The van der Waals surface area contributed by atoms with Gasteiger partial charge >= 0.3 is 0 Å². The Kier molecular flexibility index (Phi) is 3.67. The third-order valence-electron chi connectivity index (χ3n) is 3.18. The fraction of sp³-hybridized carbons (Fsp3) is 0.0625. The third-order valence-corrected chi connectivity index (χ3v) is 3.43. The van der Waals surface area contributed by atoms with Crippen molar-refractivity contribution in [2.75, 3.05) is 0 Å². The monoisotopic (exact) mass is 294 g/mol. The predicted octanol–water partition coefficient (Wildman–Crippen LogP) is 3.59. The summed E-state index contributed by atoms with van der Waals surface area (Å²) in [4.78, 5) is 0. The Hall–Kier alpha value is -2.64. The van der Waals surface area contributed by atoms with Crippen LogP contribution in [0.1, 0.15) is 16.8 Å². The Balaban J connectivity index is 1.90. The van der Waals surface area contributed by atoms with Crippen molar-refractivity contribution in [2.45, 2.75) is 6.42 Å². The highest BCUT2D eigenvalue weighted by Gasteiger charge is 2.09. The van der Waals surface area contributed by atoms with E-state index in [4.69, 9.17) is 16.9 Å². The maximum atomic E-state index is 9.03. The Morgan fingerprint density at radius 1 is 1.10 bits per heavy atom. The molecular weight excluding hydrogens is 284 g/mol. The molecule has 0 aliphatic rings. The van der Waals surface area contributed by atoms with Crippen LogP contribution in [0.5, 0.6) is 0 Å². The first-order chi connectivity index (χ1) is 10.3. The fourth-order valence-electron chi connectivity index (χ4n) is 2.17. The number of nitrogens with one attached hydrogen (secondary N) is 1. The van der Waals surface area contributed by atoms with Gasteiger partial charge in [-0.2, -0.15) is 5.26 Å². The van der Waals surface area contributed by atoms with E-state index in [1.165, 1.54) is 5.56 Å². The van der Waals surface area contributed by atoms with Crippen molar-refractivity contribution in [3.05, 3.63) is 70.4 Å². The molecule has 1 aromatic heterocycles. The molecule has 0 radical (unpaired) electrons. The van der Waals surface area contributed by atoms with Gasteiger partial charge in [-0.15, -0.1) is 5.10 Å². The van der Waals surface area contributed by atoms with Gasteiger partial charge in [0.25, 0.3) is 0 Å². The second kappa shape index (κ2) is 5.78. The van der Waals surface area contributed by atoms with Crippen LogP contribution in [-0.4, -0.2) is 15.4 Å². The van der Waals surface area contributed by atoms with E-state index in [-0.39, 0.29) is 0 Å². The number of nitrogens with zero attached hydrogens (tertiary/aromatic N) is 3. The molecule has 5 heteroatoms. The lowest BCUT2D eigenvalue weighted by Gasteiger charge is -2.04. The SMILES string of the molecule is N#Cc1[nH]nnc1-c1cccc(Cc2ccc(Cl)cc2)c1. The molecule has 4 nitrogen and oxygen atoms in total. The molecule has 0 spiro atoms. The molecule has 0 atom stereocenters. The first-order valence-electron chi connectivity index (χ1n) is 6.41. The van der Waals surface area contributed by atoms with Crippen molar-refractivity contribution >= 4 is 11.6 Å². The minimum Gasteiger partial charge on any atom is -0.247 e. The molecule has 0 saturated heterocycles. The highest BCUT2D eigenvalue weighted by molar-refractivity contribution is 6.30. The molecule has 0 unspecified atom stereocenters. The van der Waals surface area contributed by atoms with Gasteiger partial charge < -0.3 is 0 Å². The number of aromatic nitrogens is 3. The molecule has 0 saturated carbocycles. The van der Waals surface area contributed by atoms with Gasteiger partial charge in [0.1, 0.15) is 11.8 Å². The normalized spacial score (nSPS) is 10.3. The van der Waals surface area contributed by atoms with Gasteiger partial charge in [0, 0.05) is 10.6 Å². The number of aromatic amines is 1. The summed E-state index contributed by atoms with van der Waals surface area (Å²) in [6, 6.07) is 17.8. The van der Waals surface area contributed by atoms with E-state index in [1.54, 1.807) is 0 Å². The lowest BCUT2D eigenvalue weighted by Crippen LogP contribution is -1.90. The maximum absolute atomic E-state index is 9.03. The zero-order chi connectivity index (χ0) is 14.7. The zero-order valence-corrected chi connectivity index (χ0v) is 11.8. The molecule has 1 N–H and O–H groups in total. The van der Waals surface area contributed by atoms with Crippen molar-refractivity contribution in [1.29, 1.82) is 5.26 Å². The Morgan fingerprint density at radius 2 is 1.90 bits per heavy atom. The lowest BCUT2D eigenvalue weighted by molar-refractivity contribution is 0.937. The van der Waals surface area contributed by atoms with E-state index < -0.39 is 0 Å². The number of halogens is 1. The molecule has 21 heavy (non-hydrogen) atoms. The maximum Gasteiger partial charge on any atom is 0.163 e. The summed E-state index contributed by atoms with van der Waals surface area (Å²) in [5.74, 6) is 0. The van der Waals surface area contributed by atoms with E-state index in [1.807, 2.05) is 48.5 Å². The molecule has 2 aromatic carbocycles. The van der Waals surface area contributed by atoms with Crippen LogP contribution in [0.4, 0.5) is 0 Å². The number of hydrogen-bond donors (Lipinski definition) is 1. The first-order valence-corrected chi connectivity index (χ1v) is 6.79. The number of nitriles is 1. The smallest absolute Gasteiger partial charge is 0.163 e. The second-order valence-electron chi connectivity index (χ2n) is 4.65. The van der Waals surface area contributed by atoms with E-state index in [0.29, 0.717) is 11.4 Å². The molecule has 3 aromatic rings.